The lowest BCUT2D eigenvalue weighted by molar-refractivity contribution is -0.140. The molecule has 6 heteroatoms. The number of ether oxygens (including phenoxy) is 3. The third-order valence-corrected chi connectivity index (χ3v) is 5.11. The van der Waals surface area contributed by atoms with E-state index >= 15 is 0 Å². The van der Waals surface area contributed by atoms with E-state index in [-0.39, 0.29) is 5.92 Å². The molecule has 0 N–H and O–H groups in total. The van der Waals surface area contributed by atoms with Crippen LogP contribution in [-0.4, -0.2) is 69.3 Å². The normalized spacial score (nSPS) is 19.7. The third kappa shape index (κ3) is 4.44. The number of benzene rings is 1. The minimum Gasteiger partial charge on any atom is -0.493 e. The molecule has 6 nitrogen and oxygen atoms in total. The van der Waals surface area contributed by atoms with Crippen LogP contribution in [0.5, 0.6) is 11.5 Å². The molecule has 0 saturated carbocycles. The monoisotopic (exact) mass is 348 g/mol. The van der Waals surface area contributed by atoms with Crippen LogP contribution in [0.3, 0.4) is 0 Å². The van der Waals surface area contributed by atoms with Crippen LogP contribution in [0.1, 0.15) is 18.4 Å². The molecule has 1 aromatic carbocycles. The van der Waals surface area contributed by atoms with E-state index in [4.69, 9.17) is 14.2 Å². The van der Waals surface area contributed by atoms with E-state index in [1.807, 2.05) is 17.0 Å². The van der Waals surface area contributed by atoms with Crippen LogP contribution >= 0.6 is 0 Å². The van der Waals surface area contributed by atoms with Crippen LogP contribution in [0.15, 0.2) is 18.2 Å². The van der Waals surface area contributed by atoms with Crippen LogP contribution in [0, 0.1) is 5.92 Å². The van der Waals surface area contributed by atoms with Gasteiger partial charge in [-0.2, -0.15) is 0 Å². The van der Waals surface area contributed by atoms with Crippen molar-refractivity contribution >= 4 is 5.91 Å². The fraction of sp³-hybridized carbons (Fsp3) is 0.632. The van der Waals surface area contributed by atoms with Crippen molar-refractivity contribution in [3.8, 4) is 11.5 Å². The first-order chi connectivity index (χ1) is 12.2. The molecule has 2 aliphatic rings. The first kappa shape index (κ1) is 18.0. The Morgan fingerprint density at radius 1 is 1.08 bits per heavy atom. The molecule has 2 fully saturated rings. The van der Waals surface area contributed by atoms with Crippen LogP contribution in [-0.2, 0) is 16.1 Å². The number of carbonyl (C=O) groups is 1. The average molecular weight is 348 g/mol. The summed E-state index contributed by atoms with van der Waals surface area (Å²) in [6.07, 6.45) is 1.73. The maximum Gasteiger partial charge on any atom is 0.225 e. The van der Waals surface area contributed by atoms with Crippen molar-refractivity contribution in [2.75, 3.05) is 53.6 Å². The number of piperazine rings is 1. The molecule has 0 atom stereocenters. The zero-order valence-corrected chi connectivity index (χ0v) is 15.2. The van der Waals surface area contributed by atoms with E-state index < -0.39 is 0 Å². The van der Waals surface area contributed by atoms with E-state index in [2.05, 4.69) is 11.0 Å². The van der Waals surface area contributed by atoms with Gasteiger partial charge in [0.2, 0.25) is 5.91 Å². The van der Waals surface area contributed by atoms with Gasteiger partial charge in [-0.1, -0.05) is 6.07 Å². The van der Waals surface area contributed by atoms with Gasteiger partial charge in [-0.3, -0.25) is 9.69 Å². The topological polar surface area (TPSA) is 51.2 Å². The SMILES string of the molecule is COc1ccc(CN2CCN(C(=O)C3CCOCC3)CC2)cc1OC. The highest BCUT2D eigenvalue weighted by molar-refractivity contribution is 5.79. The zero-order chi connectivity index (χ0) is 17.6. The molecule has 0 spiro atoms. The molecular formula is C19H28N2O4. The molecule has 0 unspecified atom stereocenters. The zero-order valence-electron chi connectivity index (χ0n) is 15.2. The van der Waals surface area contributed by atoms with E-state index in [0.29, 0.717) is 5.91 Å². The van der Waals surface area contributed by atoms with Crippen LogP contribution in [0.25, 0.3) is 0 Å². The minimum atomic E-state index is 0.158. The van der Waals surface area contributed by atoms with E-state index in [1.165, 1.54) is 5.56 Å². The Hall–Kier alpha value is -1.79. The van der Waals surface area contributed by atoms with Gasteiger partial charge in [0.05, 0.1) is 14.2 Å². The van der Waals surface area contributed by atoms with E-state index in [1.54, 1.807) is 14.2 Å². The Morgan fingerprint density at radius 3 is 2.40 bits per heavy atom. The Kier molecular flexibility index (Phi) is 6.15. The summed E-state index contributed by atoms with van der Waals surface area (Å²) in [6.45, 7) is 5.73. The van der Waals surface area contributed by atoms with Crippen LogP contribution in [0.4, 0.5) is 0 Å². The molecule has 3 rings (SSSR count). The first-order valence-corrected chi connectivity index (χ1v) is 9.01. The lowest BCUT2D eigenvalue weighted by Gasteiger charge is -2.37. The maximum atomic E-state index is 12.6. The lowest BCUT2D eigenvalue weighted by atomic mass is 9.98. The minimum absolute atomic E-state index is 0.158. The molecule has 0 aliphatic carbocycles. The summed E-state index contributed by atoms with van der Waals surface area (Å²) >= 11 is 0. The number of hydrogen-bond donors (Lipinski definition) is 0. The van der Waals surface area contributed by atoms with Gasteiger partial charge in [0.25, 0.3) is 0 Å². The molecule has 0 bridgehead atoms. The molecule has 1 aromatic rings. The standard InChI is InChI=1S/C19H28N2O4/c1-23-17-4-3-15(13-18(17)24-2)14-20-7-9-21(10-8-20)19(22)16-5-11-25-12-6-16/h3-4,13,16H,5-12,14H2,1-2H3. The number of rotatable bonds is 5. The molecule has 2 heterocycles. The fourth-order valence-electron chi connectivity index (χ4n) is 3.57. The Balaban J connectivity index is 1.51. The lowest BCUT2D eigenvalue weighted by Crippen LogP contribution is -2.50. The first-order valence-electron chi connectivity index (χ1n) is 9.01. The third-order valence-electron chi connectivity index (χ3n) is 5.11. The molecule has 138 valence electrons. The van der Waals surface area contributed by atoms with Crippen LogP contribution in [0.2, 0.25) is 0 Å². The van der Waals surface area contributed by atoms with E-state index in [9.17, 15) is 4.79 Å². The fourth-order valence-corrected chi connectivity index (χ4v) is 3.57. The summed E-state index contributed by atoms with van der Waals surface area (Å²) in [5.74, 6) is 1.98. The number of amides is 1. The van der Waals surface area contributed by atoms with Crippen molar-refractivity contribution in [3.63, 3.8) is 0 Å². The van der Waals surface area contributed by atoms with Gasteiger partial charge >= 0.3 is 0 Å². The summed E-state index contributed by atoms with van der Waals surface area (Å²) in [6, 6.07) is 6.04. The van der Waals surface area contributed by atoms with Crippen molar-refractivity contribution in [2.24, 2.45) is 5.92 Å². The molecule has 25 heavy (non-hydrogen) atoms. The van der Waals surface area contributed by atoms with Gasteiger partial charge in [-0.25, -0.2) is 0 Å². The Morgan fingerprint density at radius 2 is 1.76 bits per heavy atom. The largest absolute Gasteiger partial charge is 0.493 e. The van der Waals surface area contributed by atoms with Crippen molar-refractivity contribution < 1.29 is 19.0 Å². The molecule has 1 amide bonds. The molecular weight excluding hydrogens is 320 g/mol. The van der Waals surface area contributed by atoms with Crippen molar-refractivity contribution in [3.05, 3.63) is 23.8 Å². The summed E-state index contributed by atoms with van der Waals surface area (Å²) in [7, 11) is 3.30. The van der Waals surface area contributed by atoms with Gasteiger partial charge in [0.1, 0.15) is 0 Å². The molecule has 0 aromatic heterocycles. The number of carbonyl (C=O) groups excluding carboxylic acids is 1. The van der Waals surface area contributed by atoms with Gasteiger partial charge in [0, 0.05) is 51.9 Å². The summed E-state index contributed by atoms with van der Waals surface area (Å²) < 4.78 is 16.0. The molecule has 2 aliphatic heterocycles. The quantitative estimate of drug-likeness (QED) is 0.812. The van der Waals surface area contributed by atoms with Crippen molar-refractivity contribution in [1.29, 1.82) is 0 Å². The van der Waals surface area contributed by atoms with Gasteiger partial charge in [-0.05, 0) is 30.5 Å². The van der Waals surface area contributed by atoms with Crippen LogP contribution < -0.4 is 9.47 Å². The number of nitrogens with zero attached hydrogens (tertiary/aromatic N) is 2. The second-order valence-corrected chi connectivity index (χ2v) is 6.68. The Bertz CT molecular complexity index is 579. The smallest absolute Gasteiger partial charge is 0.225 e. The maximum absolute atomic E-state index is 12.6. The highest BCUT2D eigenvalue weighted by Crippen LogP contribution is 2.28. The Labute approximate surface area is 149 Å². The van der Waals surface area contributed by atoms with Gasteiger partial charge < -0.3 is 19.1 Å². The van der Waals surface area contributed by atoms with Gasteiger partial charge in [-0.15, -0.1) is 0 Å². The van der Waals surface area contributed by atoms with Gasteiger partial charge in [0.15, 0.2) is 11.5 Å². The number of methoxy groups -OCH3 is 2. The average Bonchev–Trinajstić information content (AvgIpc) is 2.68. The second-order valence-electron chi connectivity index (χ2n) is 6.68. The molecule has 2 saturated heterocycles. The summed E-state index contributed by atoms with van der Waals surface area (Å²) in [5, 5.41) is 0. The number of hydrogen-bond acceptors (Lipinski definition) is 5. The van der Waals surface area contributed by atoms with E-state index in [0.717, 1.165) is 70.3 Å². The van der Waals surface area contributed by atoms with Crippen molar-refractivity contribution in [2.45, 2.75) is 19.4 Å². The highest BCUT2D eigenvalue weighted by Gasteiger charge is 2.28. The van der Waals surface area contributed by atoms with Crippen molar-refractivity contribution in [1.82, 2.24) is 9.80 Å². The predicted molar refractivity (Wildman–Crippen MR) is 94.9 cm³/mol. The molecule has 0 radical (unpaired) electrons. The predicted octanol–water partition coefficient (Wildman–Crippen LogP) is 1.77. The highest BCUT2D eigenvalue weighted by atomic mass is 16.5. The summed E-state index contributed by atoms with van der Waals surface area (Å²) in [5.41, 5.74) is 1.20. The summed E-state index contributed by atoms with van der Waals surface area (Å²) in [4.78, 5) is 17.0. The second kappa shape index (κ2) is 8.54.